The highest BCUT2D eigenvalue weighted by Crippen LogP contribution is 2.28. The third-order valence-electron chi connectivity index (χ3n) is 6.32. The SMILES string of the molecule is O=C(CCCCSc1nc2ccccc2c(=O)n1-c1ccc(Cl)c(Cl)c1)Nc1ccc2c(c1)CCC2.O=CO. The number of rotatable bonds is 8. The maximum absolute atomic E-state index is 13.3. The third kappa shape index (κ3) is 7.20. The lowest BCUT2D eigenvalue weighted by molar-refractivity contribution is -0.123. The standard InChI is InChI=1S/C28H25Cl2N3O2S.CH2O2/c29-23-14-13-21(17-24(23)30)33-27(35)22-8-1-2-9-25(22)32-28(33)36-15-4-3-10-26(34)31-20-12-11-18-6-5-7-19(18)16-20;2-1-3/h1-2,8-9,11-14,16-17H,3-7,10,15H2,(H,31,34);1H,(H,2,3). The van der Waals surface area contributed by atoms with Gasteiger partial charge in [-0.3, -0.25) is 19.0 Å². The number of carbonyl (C=O) groups is 2. The number of nitrogens with zero attached hydrogens (tertiary/aromatic N) is 2. The number of carboxylic acid groups (broad SMARTS) is 1. The van der Waals surface area contributed by atoms with Gasteiger partial charge in [-0.25, -0.2) is 4.98 Å². The van der Waals surface area contributed by atoms with Crippen LogP contribution in [-0.2, 0) is 22.4 Å². The minimum Gasteiger partial charge on any atom is -0.483 e. The Hall–Kier alpha value is -3.33. The highest BCUT2D eigenvalue weighted by molar-refractivity contribution is 7.99. The summed E-state index contributed by atoms with van der Waals surface area (Å²) in [5.74, 6) is 0.743. The van der Waals surface area contributed by atoms with E-state index in [-0.39, 0.29) is 17.9 Å². The highest BCUT2D eigenvalue weighted by atomic mass is 35.5. The summed E-state index contributed by atoms with van der Waals surface area (Å²) < 4.78 is 1.58. The van der Waals surface area contributed by atoms with Crippen molar-refractivity contribution in [2.45, 2.75) is 43.7 Å². The van der Waals surface area contributed by atoms with Crippen LogP contribution < -0.4 is 10.9 Å². The number of hydrogen-bond acceptors (Lipinski definition) is 5. The van der Waals surface area contributed by atoms with Crippen molar-refractivity contribution in [3.05, 3.63) is 92.2 Å². The molecule has 0 saturated carbocycles. The predicted octanol–water partition coefficient (Wildman–Crippen LogP) is 6.78. The van der Waals surface area contributed by atoms with E-state index >= 15 is 0 Å². The number of para-hydroxylation sites is 1. The Bertz CT molecular complexity index is 1560. The first-order chi connectivity index (χ1) is 18.9. The van der Waals surface area contributed by atoms with E-state index in [1.54, 1.807) is 28.8 Å². The van der Waals surface area contributed by atoms with Crippen LogP contribution in [0.3, 0.4) is 0 Å². The Morgan fingerprint density at radius 2 is 1.79 bits per heavy atom. The molecule has 0 aliphatic heterocycles. The van der Waals surface area contributed by atoms with Gasteiger partial charge in [0.25, 0.3) is 12.0 Å². The number of aryl methyl sites for hydroxylation is 2. The quantitative estimate of drug-likeness (QED) is 0.102. The summed E-state index contributed by atoms with van der Waals surface area (Å²) in [5.41, 5.74) is 4.72. The van der Waals surface area contributed by atoms with Crippen molar-refractivity contribution in [3.63, 3.8) is 0 Å². The normalized spacial score (nSPS) is 11.9. The van der Waals surface area contributed by atoms with Crippen molar-refractivity contribution in [1.29, 1.82) is 0 Å². The van der Waals surface area contributed by atoms with Crippen molar-refractivity contribution in [3.8, 4) is 5.69 Å². The molecule has 202 valence electrons. The molecule has 0 radical (unpaired) electrons. The van der Waals surface area contributed by atoms with Crippen LogP contribution in [0.5, 0.6) is 0 Å². The summed E-state index contributed by atoms with van der Waals surface area (Å²) in [7, 11) is 0. The van der Waals surface area contributed by atoms with Gasteiger partial charge in [0.1, 0.15) is 0 Å². The van der Waals surface area contributed by atoms with Crippen LogP contribution in [0.25, 0.3) is 16.6 Å². The number of nitrogens with one attached hydrogen (secondary N) is 1. The number of unbranched alkanes of at least 4 members (excludes halogenated alkanes) is 1. The number of thioether (sulfide) groups is 1. The van der Waals surface area contributed by atoms with Crippen molar-refractivity contribution in [1.82, 2.24) is 9.55 Å². The number of amides is 1. The summed E-state index contributed by atoms with van der Waals surface area (Å²) in [4.78, 5) is 38.9. The number of aromatic nitrogens is 2. The van der Waals surface area contributed by atoms with Crippen LogP contribution in [0.2, 0.25) is 10.0 Å². The lowest BCUT2D eigenvalue weighted by Crippen LogP contribution is -2.21. The summed E-state index contributed by atoms with van der Waals surface area (Å²) in [6.45, 7) is -0.250. The van der Waals surface area contributed by atoms with Crippen molar-refractivity contribution >= 4 is 63.9 Å². The summed E-state index contributed by atoms with van der Waals surface area (Å²) in [5, 5.41) is 11.8. The predicted molar refractivity (Wildman–Crippen MR) is 158 cm³/mol. The van der Waals surface area contributed by atoms with Crippen LogP contribution in [0.1, 0.15) is 36.8 Å². The number of benzene rings is 3. The molecule has 10 heteroatoms. The molecule has 0 saturated heterocycles. The van der Waals surface area contributed by atoms with Crippen molar-refractivity contribution in [2.75, 3.05) is 11.1 Å². The molecule has 1 aliphatic rings. The topological polar surface area (TPSA) is 101 Å². The van der Waals surface area contributed by atoms with E-state index in [9.17, 15) is 9.59 Å². The Morgan fingerprint density at radius 1 is 1.03 bits per heavy atom. The molecule has 7 nitrogen and oxygen atoms in total. The van der Waals surface area contributed by atoms with E-state index in [4.69, 9.17) is 38.1 Å². The number of fused-ring (bicyclic) bond motifs is 2. The summed E-state index contributed by atoms with van der Waals surface area (Å²) in [6.07, 6.45) is 5.41. The molecule has 0 fully saturated rings. The van der Waals surface area contributed by atoms with Gasteiger partial charge in [0.05, 0.1) is 26.6 Å². The molecular formula is C29H27Cl2N3O4S. The smallest absolute Gasteiger partial charge is 0.290 e. The Balaban J connectivity index is 0.00000112. The second-order valence-corrected chi connectivity index (χ2v) is 10.8. The third-order valence-corrected chi connectivity index (χ3v) is 8.08. The van der Waals surface area contributed by atoms with Crippen LogP contribution in [0, 0.1) is 0 Å². The minimum atomic E-state index is -0.250. The van der Waals surface area contributed by atoms with E-state index < -0.39 is 0 Å². The molecule has 1 amide bonds. The summed E-state index contributed by atoms with van der Waals surface area (Å²) >= 11 is 13.8. The molecule has 0 bridgehead atoms. The molecule has 0 atom stereocenters. The molecule has 0 spiro atoms. The molecule has 0 unspecified atom stereocenters. The van der Waals surface area contributed by atoms with Gasteiger partial charge < -0.3 is 10.4 Å². The molecule has 4 aromatic rings. The molecule has 1 aromatic heterocycles. The van der Waals surface area contributed by atoms with Crippen LogP contribution in [-0.4, -0.2) is 32.8 Å². The van der Waals surface area contributed by atoms with Crippen molar-refractivity contribution in [2.24, 2.45) is 0 Å². The fourth-order valence-electron chi connectivity index (χ4n) is 4.49. The van der Waals surface area contributed by atoms with Gasteiger partial charge in [-0.05, 0) is 85.7 Å². The molecule has 3 aromatic carbocycles. The molecule has 1 heterocycles. The lowest BCUT2D eigenvalue weighted by Gasteiger charge is -2.14. The zero-order chi connectivity index (χ0) is 27.8. The average Bonchev–Trinajstić information content (AvgIpc) is 3.39. The number of anilines is 1. The monoisotopic (exact) mass is 583 g/mol. The number of hydrogen-bond donors (Lipinski definition) is 2. The van der Waals surface area contributed by atoms with Crippen LogP contribution in [0.4, 0.5) is 5.69 Å². The molecular weight excluding hydrogens is 557 g/mol. The summed E-state index contributed by atoms with van der Waals surface area (Å²) in [6, 6.07) is 18.6. The minimum absolute atomic E-state index is 0.0227. The van der Waals surface area contributed by atoms with Crippen LogP contribution in [0.15, 0.2) is 70.6 Å². The van der Waals surface area contributed by atoms with Crippen molar-refractivity contribution < 1.29 is 14.7 Å². The van der Waals surface area contributed by atoms with Gasteiger partial charge in [-0.2, -0.15) is 0 Å². The second-order valence-electron chi connectivity index (χ2n) is 8.95. The first-order valence-corrected chi connectivity index (χ1v) is 14.2. The highest BCUT2D eigenvalue weighted by Gasteiger charge is 2.15. The van der Waals surface area contributed by atoms with Gasteiger partial charge in [-0.15, -0.1) is 0 Å². The van der Waals surface area contributed by atoms with Crippen LogP contribution >= 0.6 is 35.0 Å². The molecule has 1 aliphatic carbocycles. The van der Waals surface area contributed by atoms with Gasteiger partial charge in [-0.1, -0.05) is 53.2 Å². The zero-order valence-electron chi connectivity index (χ0n) is 21.0. The fourth-order valence-corrected chi connectivity index (χ4v) is 5.79. The lowest BCUT2D eigenvalue weighted by atomic mass is 10.1. The van der Waals surface area contributed by atoms with Gasteiger partial charge >= 0.3 is 0 Å². The maximum atomic E-state index is 13.3. The Morgan fingerprint density at radius 3 is 2.59 bits per heavy atom. The number of halogens is 2. The Labute approximate surface area is 240 Å². The average molecular weight is 585 g/mol. The molecule has 5 rings (SSSR count). The second kappa shape index (κ2) is 13.6. The number of carbonyl (C=O) groups excluding carboxylic acids is 1. The first-order valence-electron chi connectivity index (χ1n) is 12.5. The van der Waals surface area contributed by atoms with E-state index in [1.165, 1.54) is 29.3 Å². The molecule has 2 N–H and O–H groups in total. The van der Waals surface area contributed by atoms with E-state index in [2.05, 4.69) is 17.4 Å². The fraction of sp³-hybridized carbons (Fsp3) is 0.241. The van der Waals surface area contributed by atoms with Gasteiger partial charge in [0.2, 0.25) is 5.91 Å². The van der Waals surface area contributed by atoms with E-state index in [0.29, 0.717) is 38.2 Å². The van der Waals surface area contributed by atoms with E-state index in [1.807, 2.05) is 24.3 Å². The largest absolute Gasteiger partial charge is 0.483 e. The van der Waals surface area contributed by atoms with E-state index in [0.717, 1.165) is 37.1 Å². The van der Waals surface area contributed by atoms with Gasteiger partial charge in [0.15, 0.2) is 5.16 Å². The van der Waals surface area contributed by atoms with Gasteiger partial charge in [0, 0.05) is 17.9 Å². The first kappa shape index (κ1) is 28.7. The molecule has 39 heavy (non-hydrogen) atoms. The Kier molecular flexibility index (Phi) is 10.0. The zero-order valence-corrected chi connectivity index (χ0v) is 23.4. The maximum Gasteiger partial charge on any atom is 0.290 e.